The van der Waals surface area contributed by atoms with Crippen LogP contribution >= 0.6 is 0 Å². The molecule has 1 amide bonds. The Morgan fingerprint density at radius 3 is 2.43 bits per heavy atom. The molecule has 0 saturated heterocycles. The number of rotatable bonds is 6. The van der Waals surface area contributed by atoms with Crippen LogP contribution in [0.25, 0.3) is 6.08 Å². The molecule has 118 valence electrons. The predicted octanol–water partition coefficient (Wildman–Crippen LogP) is 4.28. The highest BCUT2D eigenvalue weighted by molar-refractivity contribution is 5.91. The number of halogens is 1. The highest BCUT2D eigenvalue weighted by atomic mass is 19.1. The normalized spacial score (nSPS) is 14.1. The smallest absolute Gasteiger partial charge is 0.246 e. The lowest BCUT2D eigenvalue weighted by atomic mass is 10.2. The van der Waals surface area contributed by atoms with E-state index in [0.717, 1.165) is 17.7 Å². The maximum atomic E-state index is 12.9. The number of hydrogen-bond acceptors (Lipinski definition) is 1. The summed E-state index contributed by atoms with van der Waals surface area (Å²) >= 11 is 0. The predicted molar refractivity (Wildman–Crippen MR) is 90.0 cm³/mol. The molecule has 0 N–H and O–H groups in total. The van der Waals surface area contributed by atoms with Gasteiger partial charge < -0.3 is 4.90 Å². The first-order valence-electron chi connectivity index (χ1n) is 7.97. The van der Waals surface area contributed by atoms with Crippen molar-refractivity contribution in [2.45, 2.75) is 19.4 Å². The van der Waals surface area contributed by atoms with E-state index in [1.807, 2.05) is 35.2 Å². The molecular formula is C20H20FNO. The summed E-state index contributed by atoms with van der Waals surface area (Å²) in [6.07, 6.45) is 5.74. The van der Waals surface area contributed by atoms with Crippen molar-refractivity contribution in [2.24, 2.45) is 5.92 Å². The van der Waals surface area contributed by atoms with Crippen LogP contribution in [0.2, 0.25) is 0 Å². The molecule has 2 aromatic rings. The van der Waals surface area contributed by atoms with Crippen molar-refractivity contribution in [3.63, 3.8) is 0 Å². The lowest BCUT2D eigenvalue weighted by molar-refractivity contribution is -0.126. The number of hydrogen-bond donors (Lipinski definition) is 0. The Morgan fingerprint density at radius 2 is 1.78 bits per heavy atom. The first kappa shape index (κ1) is 15.5. The molecule has 0 bridgehead atoms. The number of carbonyl (C=O) groups is 1. The zero-order valence-corrected chi connectivity index (χ0v) is 13.0. The van der Waals surface area contributed by atoms with Crippen molar-refractivity contribution < 1.29 is 9.18 Å². The van der Waals surface area contributed by atoms with Gasteiger partial charge in [-0.25, -0.2) is 4.39 Å². The van der Waals surface area contributed by atoms with E-state index in [1.165, 1.54) is 25.0 Å². The zero-order valence-electron chi connectivity index (χ0n) is 13.0. The molecule has 1 aliphatic rings. The molecule has 3 rings (SSSR count). The van der Waals surface area contributed by atoms with Gasteiger partial charge in [0.2, 0.25) is 5.91 Å². The number of benzene rings is 2. The molecular weight excluding hydrogens is 289 g/mol. The van der Waals surface area contributed by atoms with Crippen LogP contribution in [0.4, 0.5) is 4.39 Å². The molecule has 1 aliphatic carbocycles. The van der Waals surface area contributed by atoms with Gasteiger partial charge in [0.15, 0.2) is 0 Å². The summed E-state index contributed by atoms with van der Waals surface area (Å²) in [5.41, 5.74) is 1.96. The first-order chi connectivity index (χ1) is 11.2. The van der Waals surface area contributed by atoms with E-state index in [-0.39, 0.29) is 11.7 Å². The van der Waals surface area contributed by atoms with Gasteiger partial charge in [0, 0.05) is 19.2 Å². The highest BCUT2D eigenvalue weighted by Crippen LogP contribution is 2.30. The van der Waals surface area contributed by atoms with E-state index in [9.17, 15) is 9.18 Å². The Bertz CT molecular complexity index is 675. The van der Waals surface area contributed by atoms with Crippen molar-refractivity contribution in [3.05, 3.63) is 77.6 Å². The summed E-state index contributed by atoms with van der Waals surface area (Å²) in [4.78, 5) is 14.4. The maximum absolute atomic E-state index is 12.9. The minimum absolute atomic E-state index is 0.00470. The van der Waals surface area contributed by atoms with E-state index in [1.54, 1.807) is 24.3 Å². The van der Waals surface area contributed by atoms with Crippen LogP contribution < -0.4 is 0 Å². The molecule has 2 nitrogen and oxygen atoms in total. The fraction of sp³-hybridized carbons (Fsp3) is 0.250. The largest absolute Gasteiger partial charge is 0.335 e. The van der Waals surface area contributed by atoms with Crippen LogP contribution in [0.1, 0.15) is 24.0 Å². The molecule has 0 aliphatic heterocycles. The molecule has 3 heteroatoms. The standard InChI is InChI=1S/C20H20FNO/c21-19-11-8-16(9-12-19)10-13-20(23)22(15-18-6-7-18)14-17-4-2-1-3-5-17/h1-5,8-13,18H,6-7,14-15H2/b13-10+. The molecule has 2 aromatic carbocycles. The third-order valence-electron chi connectivity index (χ3n) is 3.99. The van der Waals surface area contributed by atoms with E-state index < -0.39 is 0 Å². The Balaban J connectivity index is 1.68. The summed E-state index contributed by atoms with van der Waals surface area (Å²) < 4.78 is 12.9. The molecule has 0 spiro atoms. The number of amides is 1. The van der Waals surface area contributed by atoms with Gasteiger partial charge in [-0.15, -0.1) is 0 Å². The van der Waals surface area contributed by atoms with E-state index in [0.29, 0.717) is 12.5 Å². The summed E-state index contributed by atoms with van der Waals surface area (Å²) in [5, 5.41) is 0. The monoisotopic (exact) mass is 309 g/mol. The SMILES string of the molecule is O=C(/C=C/c1ccc(F)cc1)N(Cc1ccccc1)CC1CC1. The molecule has 0 heterocycles. The van der Waals surface area contributed by atoms with E-state index in [2.05, 4.69) is 0 Å². The third kappa shape index (κ3) is 4.78. The van der Waals surface area contributed by atoms with Gasteiger partial charge in [0.05, 0.1) is 0 Å². The molecule has 1 saturated carbocycles. The highest BCUT2D eigenvalue weighted by Gasteiger charge is 2.26. The minimum atomic E-state index is -0.270. The lowest BCUT2D eigenvalue weighted by Gasteiger charge is -2.21. The van der Waals surface area contributed by atoms with Crippen LogP contribution in [0.3, 0.4) is 0 Å². The molecule has 1 fully saturated rings. The fourth-order valence-electron chi connectivity index (χ4n) is 2.50. The topological polar surface area (TPSA) is 20.3 Å². The van der Waals surface area contributed by atoms with Crippen LogP contribution in [0.5, 0.6) is 0 Å². The third-order valence-corrected chi connectivity index (χ3v) is 3.99. The van der Waals surface area contributed by atoms with Crippen LogP contribution in [0, 0.1) is 11.7 Å². The molecule has 0 aromatic heterocycles. The second-order valence-corrected chi connectivity index (χ2v) is 6.03. The molecule has 0 atom stereocenters. The van der Waals surface area contributed by atoms with Crippen molar-refractivity contribution >= 4 is 12.0 Å². The zero-order chi connectivity index (χ0) is 16.1. The van der Waals surface area contributed by atoms with E-state index >= 15 is 0 Å². The van der Waals surface area contributed by atoms with Gasteiger partial charge in [0.1, 0.15) is 5.82 Å². The maximum Gasteiger partial charge on any atom is 0.246 e. The molecule has 23 heavy (non-hydrogen) atoms. The second kappa shape index (κ2) is 7.23. The quantitative estimate of drug-likeness (QED) is 0.729. The first-order valence-corrected chi connectivity index (χ1v) is 7.97. The fourth-order valence-corrected chi connectivity index (χ4v) is 2.50. The summed E-state index contributed by atoms with van der Waals surface area (Å²) in [6, 6.07) is 16.2. The van der Waals surface area contributed by atoms with Crippen molar-refractivity contribution in [1.82, 2.24) is 4.90 Å². The minimum Gasteiger partial charge on any atom is -0.335 e. The van der Waals surface area contributed by atoms with Gasteiger partial charge >= 0.3 is 0 Å². The molecule has 0 radical (unpaired) electrons. The Morgan fingerprint density at radius 1 is 1.09 bits per heavy atom. The van der Waals surface area contributed by atoms with Gasteiger partial charge in [0.25, 0.3) is 0 Å². The number of nitrogens with zero attached hydrogens (tertiary/aromatic N) is 1. The second-order valence-electron chi connectivity index (χ2n) is 6.03. The van der Waals surface area contributed by atoms with Gasteiger partial charge in [-0.3, -0.25) is 4.79 Å². The van der Waals surface area contributed by atoms with Crippen molar-refractivity contribution in [2.75, 3.05) is 6.54 Å². The van der Waals surface area contributed by atoms with Gasteiger partial charge in [-0.05, 0) is 48.1 Å². The van der Waals surface area contributed by atoms with Crippen molar-refractivity contribution in [3.8, 4) is 0 Å². The van der Waals surface area contributed by atoms with Crippen LogP contribution in [-0.4, -0.2) is 17.4 Å². The summed E-state index contributed by atoms with van der Waals surface area (Å²) in [6.45, 7) is 1.44. The van der Waals surface area contributed by atoms with Gasteiger partial charge in [-0.2, -0.15) is 0 Å². The van der Waals surface area contributed by atoms with Crippen LogP contribution in [0.15, 0.2) is 60.7 Å². The Labute approximate surface area is 136 Å². The number of carbonyl (C=O) groups excluding carboxylic acids is 1. The molecule has 0 unspecified atom stereocenters. The lowest BCUT2D eigenvalue weighted by Crippen LogP contribution is -2.31. The van der Waals surface area contributed by atoms with E-state index in [4.69, 9.17) is 0 Å². The van der Waals surface area contributed by atoms with Crippen LogP contribution in [-0.2, 0) is 11.3 Å². The summed E-state index contributed by atoms with van der Waals surface area (Å²) in [7, 11) is 0. The average Bonchev–Trinajstić information content (AvgIpc) is 3.38. The van der Waals surface area contributed by atoms with Crippen molar-refractivity contribution in [1.29, 1.82) is 0 Å². The Hall–Kier alpha value is -2.42. The van der Waals surface area contributed by atoms with Gasteiger partial charge in [-0.1, -0.05) is 42.5 Å². The Kier molecular flexibility index (Phi) is 4.86. The summed E-state index contributed by atoms with van der Waals surface area (Å²) in [5.74, 6) is 0.375. The average molecular weight is 309 g/mol.